The zero-order valence-corrected chi connectivity index (χ0v) is 23.1. The largest absolute Gasteiger partial charge is 0.497 e. The Morgan fingerprint density at radius 1 is 1.11 bits per heavy atom. The van der Waals surface area contributed by atoms with Crippen LogP contribution >= 0.6 is 11.8 Å². The van der Waals surface area contributed by atoms with Gasteiger partial charge in [0.25, 0.3) is 0 Å². The first-order valence-electron chi connectivity index (χ1n) is 12.6. The van der Waals surface area contributed by atoms with Crippen LogP contribution in [-0.2, 0) is 14.3 Å². The molecular weight excluding hydrogens is 502 g/mol. The summed E-state index contributed by atoms with van der Waals surface area (Å²) in [6.07, 6.45) is 0.964. The van der Waals surface area contributed by atoms with Crippen molar-refractivity contribution < 1.29 is 23.8 Å². The molecule has 1 N–H and O–H groups in total. The summed E-state index contributed by atoms with van der Waals surface area (Å²) in [7, 11) is 3.18. The fraction of sp³-hybridized carbons (Fsp3) is 0.345. The molecule has 2 aliphatic rings. The monoisotopic (exact) mass is 535 g/mol. The summed E-state index contributed by atoms with van der Waals surface area (Å²) in [6.45, 7) is 5.98. The van der Waals surface area contributed by atoms with Gasteiger partial charge < -0.3 is 24.4 Å². The first-order valence-corrected chi connectivity index (χ1v) is 13.5. The highest BCUT2D eigenvalue weighted by Gasteiger charge is 2.43. The van der Waals surface area contributed by atoms with E-state index in [1.807, 2.05) is 66.6 Å². The number of amidine groups is 1. The Labute approximate surface area is 227 Å². The van der Waals surface area contributed by atoms with Crippen LogP contribution in [-0.4, -0.2) is 48.8 Å². The Bertz CT molecular complexity index is 1290. The minimum absolute atomic E-state index is 0.0561. The molecule has 4 rings (SSSR count). The lowest BCUT2D eigenvalue weighted by molar-refractivity contribution is -0.139. The lowest BCUT2D eigenvalue weighted by Crippen LogP contribution is -2.39. The molecule has 0 bridgehead atoms. The van der Waals surface area contributed by atoms with Gasteiger partial charge in [0.15, 0.2) is 5.17 Å². The summed E-state index contributed by atoms with van der Waals surface area (Å²) in [6, 6.07) is 14.4. The molecule has 2 atom stereocenters. The molecule has 8 nitrogen and oxygen atoms in total. The van der Waals surface area contributed by atoms with Crippen molar-refractivity contribution in [1.29, 1.82) is 0 Å². The summed E-state index contributed by atoms with van der Waals surface area (Å²) in [5.41, 5.74) is 3.11. The summed E-state index contributed by atoms with van der Waals surface area (Å²) in [5, 5.41) is 5.62. The number of fused-ring (bicyclic) bond motifs is 1. The molecule has 1 amide bonds. The van der Waals surface area contributed by atoms with Crippen LogP contribution in [0.15, 0.2) is 70.2 Å². The van der Waals surface area contributed by atoms with E-state index in [9.17, 15) is 9.59 Å². The van der Waals surface area contributed by atoms with Crippen molar-refractivity contribution in [1.82, 2.24) is 10.2 Å². The van der Waals surface area contributed by atoms with E-state index in [4.69, 9.17) is 19.2 Å². The number of aliphatic imine (C=N–C) groups is 1. The van der Waals surface area contributed by atoms with Gasteiger partial charge in [-0.25, -0.2) is 9.79 Å². The van der Waals surface area contributed by atoms with Crippen LogP contribution in [0, 0.1) is 0 Å². The summed E-state index contributed by atoms with van der Waals surface area (Å²) in [4.78, 5) is 33.5. The third-order valence-electron chi connectivity index (χ3n) is 6.45. The minimum Gasteiger partial charge on any atom is -0.497 e. The third kappa shape index (κ3) is 5.57. The Kier molecular flexibility index (Phi) is 8.78. The number of hydrogen-bond acceptors (Lipinski definition) is 8. The number of rotatable bonds is 10. The van der Waals surface area contributed by atoms with Crippen molar-refractivity contribution in [3.8, 4) is 11.5 Å². The Hall–Kier alpha value is -3.72. The molecule has 0 aliphatic carbocycles. The lowest BCUT2D eigenvalue weighted by atomic mass is 9.90. The number of thioether (sulfide) groups is 1. The minimum atomic E-state index is -0.667. The molecule has 2 aromatic rings. The summed E-state index contributed by atoms with van der Waals surface area (Å²) in [5.74, 6) is 0.608. The van der Waals surface area contributed by atoms with Gasteiger partial charge in [0, 0.05) is 22.9 Å². The highest BCUT2D eigenvalue weighted by Crippen LogP contribution is 2.49. The molecule has 0 radical (unpaired) electrons. The van der Waals surface area contributed by atoms with E-state index >= 15 is 0 Å². The highest BCUT2D eigenvalue weighted by molar-refractivity contribution is 8.16. The van der Waals surface area contributed by atoms with Crippen LogP contribution in [0.5, 0.6) is 11.5 Å². The van der Waals surface area contributed by atoms with Gasteiger partial charge in [-0.15, -0.1) is 0 Å². The standard InChI is InChI=1S/C29H33N3O5S/c1-6-18(3)30-24(33)15-20-17-38-29-31-26(19-11-9-8-10-12-19)25(28(34)37-7-2)27(32(20)29)22-16-21(35-4)13-14-23(22)36-5/h8-14,16-18,27H,6-7,15H2,1-5H3,(H,30,33)/t18-,27-/m0/s1. The quantitative estimate of drug-likeness (QED) is 0.414. The van der Waals surface area contributed by atoms with E-state index in [1.54, 1.807) is 27.2 Å². The van der Waals surface area contributed by atoms with Gasteiger partial charge in [-0.05, 0) is 43.9 Å². The molecule has 38 heavy (non-hydrogen) atoms. The van der Waals surface area contributed by atoms with E-state index in [1.165, 1.54) is 11.8 Å². The van der Waals surface area contributed by atoms with Gasteiger partial charge in [0.1, 0.15) is 11.5 Å². The van der Waals surface area contributed by atoms with Crippen LogP contribution in [0.4, 0.5) is 0 Å². The van der Waals surface area contributed by atoms with Crippen molar-refractivity contribution in [3.63, 3.8) is 0 Å². The highest BCUT2D eigenvalue weighted by atomic mass is 32.2. The van der Waals surface area contributed by atoms with Crippen LogP contribution in [0.3, 0.4) is 0 Å². The van der Waals surface area contributed by atoms with E-state index in [2.05, 4.69) is 5.32 Å². The Balaban J connectivity index is 1.92. The fourth-order valence-electron chi connectivity index (χ4n) is 4.43. The number of hydrogen-bond donors (Lipinski definition) is 1. The second-order valence-corrected chi connectivity index (χ2v) is 9.74. The molecule has 200 valence electrons. The SMILES string of the molecule is CCOC(=O)C1=C(c2ccccc2)N=C2SC=C(CC(=O)N[C@@H](C)CC)N2[C@H]1c1cc(OC)ccc1OC. The number of nitrogens with zero attached hydrogens (tertiary/aromatic N) is 2. The van der Waals surface area contributed by atoms with Crippen LogP contribution < -0.4 is 14.8 Å². The summed E-state index contributed by atoms with van der Waals surface area (Å²) >= 11 is 1.42. The summed E-state index contributed by atoms with van der Waals surface area (Å²) < 4.78 is 16.9. The van der Waals surface area contributed by atoms with Gasteiger partial charge in [-0.1, -0.05) is 49.0 Å². The van der Waals surface area contributed by atoms with Gasteiger partial charge in [0.2, 0.25) is 5.91 Å². The van der Waals surface area contributed by atoms with Crippen molar-refractivity contribution in [3.05, 3.63) is 76.3 Å². The lowest BCUT2D eigenvalue weighted by Gasteiger charge is -2.37. The molecular formula is C29H33N3O5S. The second-order valence-electron chi connectivity index (χ2n) is 8.90. The number of methoxy groups -OCH3 is 2. The maximum Gasteiger partial charge on any atom is 0.338 e. The number of esters is 1. The maximum absolute atomic E-state index is 13.7. The Morgan fingerprint density at radius 3 is 2.53 bits per heavy atom. The number of amides is 1. The van der Waals surface area contributed by atoms with Crippen LogP contribution in [0.25, 0.3) is 5.70 Å². The molecule has 0 saturated carbocycles. The molecule has 2 aliphatic heterocycles. The van der Waals surface area contributed by atoms with Gasteiger partial charge >= 0.3 is 5.97 Å². The fourth-order valence-corrected chi connectivity index (χ4v) is 5.35. The smallest absolute Gasteiger partial charge is 0.338 e. The van der Waals surface area contributed by atoms with Gasteiger partial charge in [-0.2, -0.15) is 0 Å². The van der Waals surface area contributed by atoms with Crippen molar-refractivity contribution in [2.45, 2.75) is 45.7 Å². The topological polar surface area (TPSA) is 89.5 Å². The first-order chi connectivity index (χ1) is 18.4. The molecule has 0 spiro atoms. The van der Waals surface area contributed by atoms with E-state index < -0.39 is 12.0 Å². The zero-order valence-electron chi connectivity index (χ0n) is 22.3. The molecule has 0 fully saturated rings. The molecule has 0 unspecified atom stereocenters. The molecule has 9 heteroatoms. The van der Waals surface area contributed by atoms with E-state index in [0.717, 1.165) is 17.7 Å². The molecule has 0 aromatic heterocycles. The third-order valence-corrected chi connectivity index (χ3v) is 7.33. The van der Waals surface area contributed by atoms with Crippen molar-refractivity contribution >= 4 is 34.5 Å². The maximum atomic E-state index is 13.7. The van der Waals surface area contributed by atoms with Gasteiger partial charge in [-0.3, -0.25) is 4.79 Å². The van der Waals surface area contributed by atoms with Gasteiger partial charge in [0.05, 0.1) is 44.6 Å². The number of nitrogens with one attached hydrogen (secondary N) is 1. The zero-order chi connectivity index (χ0) is 27.2. The second kappa shape index (κ2) is 12.2. The first kappa shape index (κ1) is 27.3. The molecule has 2 heterocycles. The van der Waals surface area contributed by atoms with Crippen molar-refractivity contribution in [2.24, 2.45) is 4.99 Å². The molecule has 2 aromatic carbocycles. The number of carbonyl (C=O) groups excluding carboxylic acids is 2. The van der Waals surface area contributed by atoms with Crippen LogP contribution in [0.1, 0.15) is 50.8 Å². The average molecular weight is 536 g/mol. The normalized spacial score (nSPS) is 17.3. The van der Waals surface area contributed by atoms with E-state index in [-0.39, 0.29) is 25.0 Å². The number of benzene rings is 2. The number of ether oxygens (including phenoxy) is 3. The predicted octanol–water partition coefficient (Wildman–Crippen LogP) is 5.28. The van der Waals surface area contributed by atoms with E-state index in [0.29, 0.717) is 33.5 Å². The Morgan fingerprint density at radius 2 is 1.87 bits per heavy atom. The van der Waals surface area contributed by atoms with Crippen molar-refractivity contribution in [2.75, 3.05) is 20.8 Å². The number of carbonyl (C=O) groups is 2. The average Bonchev–Trinajstić information content (AvgIpc) is 3.34. The predicted molar refractivity (Wildman–Crippen MR) is 150 cm³/mol. The molecule has 0 saturated heterocycles. The van der Waals surface area contributed by atoms with Crippen LogP contribution in [0.2, 0.25) is 0 Å².